The lowest BCUT2D eigenvalue weighted by Gasteiger charge is -2.09. The first-order valence-corrected chi connectivity index (χ1v) is 10.6. The molecule has 0 spiro atoms. The molecule has 0 saturated heterocycles. The van der Waals surface area contributed by atoms with Gasteiger partial charge in [-0.15, -0.1) is 0 Å². The second-order valence-corrected chi connectivity index (χ2v) is 8.08. The minimum Gasteiger partial charge on any atom is -0.348 e. The fourth-order valence-electron chi connectivity index (χ4n) is 3.05. The zero-order chi connectivity index (χ0) is 21.6. The van der Waals surface area contributed by atoms with Crippen molar-refractivity contribution in [3.05, 3.63) is 106 Å². The van der Waals surface area contributed by atoms with E-state index in [-0.39, 0.29) is 5.91 Å². The first kappa shape index (κ1) is 20.8. The summed E-state index contributed by atoms with van der Waals surface area (Å²) in [5.74, 6) is 0.580. The van der Waals surface area contributed by atoms with Crippen LogP contribution in [0, 0.1) is 6.92 Å². The molecule has 0 unspecified atom stereocenters. The van der Waals surface area contributed by atoms with Gasteiger partial charge in [-0.3, -0.25) is 4.79 Å². The van der Waals surface area contributed by atoms with Crippen molar-refractivity contribution in [1.29, 1.82) is 0 Å². The van der Waals surface area contributed by atoms with Gasteiger partial charge in [0.25, 0.3) is 5.91 Å². The maximum Gasteiger partial charge on any atom is 0.251 e. The molecule has 0 radical (unpaired) electrons. The van der Waals surface area contributed by atoms with Crippen LogP contribution in [0.15, 0.2) is 89.7 Å². The molecule has 1 aromatic heterocycles. The number of aryl methyl sites for hydroxylation is 1. The number of amides is 1. The Morgan fingerprint density at radius 1 is 0.903 bits per heavy atom. The fourth-order valence-corrected chi connectivity index (χ4v) is 3.31. The lowest BCUT2D eigenvalue weighted by Crippen LogP contribution is -2.22. The molecule has 0 bridgehead atoms. The average Bonchev–Trinajstić information content (AvgIpc) is 2.80. The van der Waals surface area contributed by atoms with Gasteiger partial charge in [-0.1, -0.05) is 57.9 Å². The number of aromatic nitrogens is 2. The molecule has 6 heteroatoms. The van der Waals surface area contributed by atoms with Gasteiger partial charge in [0.05, 0.1) is 5.69 Å². The molecule has 0 saturated carbocycles. The first-order valence-electron chi connectivity index (χ1n) is 9.86. The monoisotopic (exact) mass is 472 g/mol. The third-order valence-corrected chi connectivity index (χ3v) is 5.33. The van der Waals surface area contributed by atoms with Crippen molar-refractivity contribution in [2.45, 2.75) is 13.5 Å². The van der Waals surface area contributed by atoms with Gasteiger partial charge in [0.15, 0.2) is 0 Å². The summed E-state index contributed by atoms with van der Waals surface area (Å²) in [6, 6.07) is 25.3. The van der Waals surface area contributed by atoms with Crippen LogP contribution < -0.4 is 10.6 Å². The zero-order valence-electron chi connectivity index (χ0n) is 17.0. The van der Waals surface area contributed by atoms with E-state index in [2.05, 4.69) is 55.6 Å². The number of rotatable bonds is 6. The summed E-state index contributed by atoms with van der Waals surface area (Å²) in [5.41, 5.74) is 5.58. The maximum absolute atomic E-state index is 12.4. The second-order valence-electron chi connectivity index (χ2n) is 7.17. The van der Waals surface area contributed by atoms with Crippen molar-refractivity contribution >= 4 is 33.3 Å². The van der Waals surface area contributed by atoms with Crippen molar-refractivity contribution in [1.82, 2.24) is 15.3 Å². The Bertz CT molecular complexity index is 1170. The molecule has 2 N–H and O–H groups in total. The third kappa shape index (κ3) is 5.55. The molecule has 4 rings (SSSR count). The fraction of sp³-hybridized carbons (Fsp3) is 0.0800. The van der Waals surface area contributed by atoms with E-state index in [4.69, 9.17) is 0 Å². The molecule has 4 aromatic rings. The van der Waals surface area contributed by atoms with Gasteiger partial charge in [-0.05, 0) is 48.9 Å². The minimum atomic E-state index is -0.113. The van der Waals surface area contributed by atoms with E-state index in [1.807, 2.05) is 54.6 Å². The molecule has 0 atom stereocenters. The summed E-state index contributed by atoms with van der Waals surface area (Å²) in [6.07, 6.45) is 1.54. The van der Waals surface area contributed by atoms with Crippen LogP contribution in [0.2, 0.25) is 0 Å². The van der Waals surface area contributed by atoms with E-state index in [0.29, 0.717) is 17.9 Å². The number of hydrogen-bond donors (Lipinski definition) is 2. The maximum atomic E-state index is 12.4. The topological polar surface area (TPSA) is 66.9 Å². The Morgan fingerprint density at radius 3 is 2.32 bits per heavy atom. The SMILES string of the molecule is Cc1ccc(-c2cc(Nc3ccc(C(=O)NCc4ccc(Br)cc4)cc3)ncn2)cc1. The van der Waals surface area contributed by atoms with Crippen LogP contribution >= 0.6 is 15.9 Å². The van der Waals surface area contributed by atoms with Crippen molar-refractivity contribution < 1.29 is 4.79 Å². The lowest BCUT2D eigenvalue weighted by molar-refractivity contribution is 0.0951. The molecular formula is C25H21BrN4O. The van der Waals surface area contributed by atoms with E-state index in [1.54, 1.807) is 18.5 Å². The summed E-state index contributed by atoms with van der Waals surface area (Å²) in [7, 11) is 0. The number of carbonyl (C=O) groups is 1. The van der Waals surface area contributed by atoms with Crippen molar-refractivity contribution in [3.63, 3.8) is 0 Å². The van der Waals surface area contributed by atoms with Gasteiger partial charge in [0.2, 0.25) is 0 Å². The van der Waals surface area contributed by atoms with Gasteiger partial charge >= 0.3 is 0 Å². The summed E-state index contributed by atoms with van der Waals surface area (Å²) in [4.78, 5) is 21.1. The van der Waals surface area contributed by atoms with E-state index < -0.39 is 0 Å². The number of nitrogens with one attached hydrogen (secondary N) is 2. The van der Waals surface area contributed by atoms with Crippen molar-refractivity contribution in [2.75, 3.05) is 5.32 Å². The van der Waals surface area contributed by atoms with Crippen LogP contribution in [0.1, 0.15) is 21.5 Å². The van der Waals surface area contributed by atoms with Crippen LogP contribution in [0.4, 0.5) is 11.5 Å². The number of carbonyl (C=O) groups excluding carboxylic acids is 1. The first-order chi connectivity index (χ1) is 15.1. The van der Waals surface area contributed by atoms with Crippen LogP contribution in [-0.4, -0.2) is 15.9 Å². The van der Waals surface area contributed by atoms with Crippen molar-refractivity contribution in [2.24, 2.45) is 0 Å². The minimum absolute atomic E-state index is 0.113. The molecule has 1 amide bonds. The highest BCUT2D eigenvalue weighted by atomic mass is 79.9. The standard InChI is InChI=1S/C25H21BrN4O/c1-17-2-6-19(7-3-17)23-14-24(29-16-28-23)30-22-12-8-20(9-13-22)25(31)27-15-18-4-10-21(26)11-5-18/h2-14,16H,15H2,1H3,(H,27,31)(H,28,29,30). The Labute approximate surface area is 189 Å². The van der Waals surface area contributed by atoms with E-state index >= 15 is 0 Å². The average molecular weight is 473 g/mol. The summed E-state index contributed by atoms with van der Waals surface area (Å²) in [6.45, 7) is 2.54. The number of anilines is 2. The number of hydrogen-bond acceptors (Lipinski definition) is 4. The third-order valence-electron chi connectivity index (χ3n) is 4.80. The highest BCUT2D eigenvalue weighted by Crippen LogP contribution is 2.22. The molecule has 0 aliphatic carbocycles. The molecule has 0 fully saturated rings. The number of benzene rings is 3. The predicted octanol–water partition coefficient (Wildman–Crippen LogP) is 5.89. The summed E-state index contributed by atoms with van der Waals surface area (Å²) >= 11 is 3.41. The van der Waals surface area contributed by atoms with E-state index in [1.165, 1.54) is 5.56 Å². The number of nitrogens with zero attached hydrogens (tertiary/aromatic N) is 2. The largest absolute Gasteiger partial charge is 0.348 e. The molecule has 3 aromatic carbocycles. The van der Waals surface area contributed by atoms with E-state index in [9.17, 15) is 4.79 Å². The molecular weight excluding hydrogens is 452 g/mol. The Morgan fingerprint density at radius 2 is 1.61 bits per heavy atom. The normalized spacial score (nSPS) is 10.5. The van der Waals surface area contributed by atoms with Gasteiger partial charge in [0.1, 0.15) is 12.1 Å². The predicted molar refractivity (Wildman–Crippen MR) is 127 cm³/mol. The molecule has 31 heavy (non-hydrogen) atoms. The summed E-state index contributed by atoms with van der Waals surface area (Å²) in [5, 5.41) is 6.21. The second kappa shape index (κ2) is 9.53. The smallest absolute Gasteiger partial charge is 0.251 e. The molecule has 0 aliphatic heterocycles. The highest BCUT2D eigenvalue weighted by Gasteiger charge is 2.07. The Balaban J connectivity index is 1.39. The number of halogens is 1. The molecule has 5 nitrogen and oxygen atoms in total. The van der Waals surface area contributed by atoms with Crippen LogP contribution in [0.5, 0.6) is 0 Å². The van der Waals surface area contributed by atoms with Gasteiger partial charge < -0.3 is 10.6 Å². The molecule has 0 aliphatic rings. The molecule has 1 heterocycles. The zero-order valence-corrected chi connectivity index (χ0v) is 18.6. The van der Waals surface area contributed by atoms with Gasteiger partial charge in [-0.25, -0.2) is 9.97 Å². The molecule has 154 valence electrons. The van der Waals surface area contributed by atoms with E-state index in [0.717, 1.165) is 27.0 Å². The Hall–Kier alpha value is -3.51. The summed E-state index contributed by atoms with van der Waals surface area (Å²) < 4.78 is 1.01. The van der Waals surface area contributed by atoms with Crippen LogP contribution in [0.3, 0.4) is 0 Å². The van der Waals surface area contributed by atoms with Crippen molar-refractivity contribution in [3.8, 4) is 11.3 Å². The van der Waals surface area contributed by atoms with Crippen LogP contribution in [0.25, 0.3) is 11.3 Å². The highest BCUT2D eigenvalue weighted by molar-refractivity contribution is 9.10. The Kier molecular flexibility index (Phi) is 6.38. The van der Waals surface area contributed by atoms with Gasteiger partial charge in [-0.2, -0.15) is 0 Å². The van der Waals surface area contributed by atoms with Gasteiger partial charge in [0, 0.05) is 33.9 Å². The lowest BCUT2D eigenvalue weighted by atomic mass is 10.1. The van der Waals surface area contributed by atoms with Crippen LogP contribution in [-0.2, 0) is 6.54 Å². The quantitative estimate of drug-likeness (QED) is 0.367.